The molecule has 3 rings (SSSR count). The van der Waals surface area contributed by atoms with Crippen molar-refractivity contribution in [3.63, 3.8) is 0 Å². The summed E-state index contributed by atoms with van der Waals surface area (Å²) in [7, 11) is 1.35. The van der Waals surface area contributed by atoms with Gasteiger partial charge in [-0.3, -0.25) is 0 Å². The van der Waals surface area contributed by atoms with Gasteiger partial charge >= 0.3 is 5.97 Å². The Morgan fingerprint density at radius 2 is 2.15 bits per heavy atom. The van der Waals surface area contributed by atoms with Crippen molar-refractivity contribution in [2.75, 3.05) is 38.3 Å². The Hall–Kier alpha value is -2.61. The quantitative estimate of drug-likeness (QED) is 0.790. The number of hydrogen-bond acceptors (Lipinski definition) is 6. The van der Waals surface area contributed by atoms with Gasteiger partial charge in [0.25, 0.3) is 0 Å². The first-order chi connectivity index (χ1) is 13.0. The fraction of sp³-hybridized carbons (Fsp3) is 0.474. The van der Waals surface area contributed by atoms with E-state index < -0.39 is 11.8 Å². The largest absolute Gasteiger partial charge is 0.494 e. The van der Waals surface area contributed by atoms with Crippen molar-refractivity contribution >= 4 is 11.8 Å². The summed E-state index contributed by atoms with van der Waals surface area (Å²) in [6, 6.07) is 4.06. The number of carboxylic acids is 1. The number of nitrogens with zero attached hydrogens (tertiary/aromatic N) is 2. The van der Waals surface area contributed by atoms with E-state index in [9.17, 15) is 14.3 Å². The van der Waals surface area contributed by atoms with Crippen LogP contribution in [0.2, 0.25) is 0 Å². The maximum atomic E-state index is 13.7. The molecule has 0 aliphatic carbocycles. The van der Waals surface area contributed by atoms with Crippen LogP contribution in [-0.4, -0.2) is 49.6 Å². The van der Waals surface area contributed by atoms with Gasteiger partial charge in [-0.25, -0.2) is 9.18 Å². The van der Waals surface area contributed by atoms with Crippen molar-refractivity contribution in [2.24, 2.45) is 5.92 Å². The van der Waals surface area contributed by atoms with Crippen molar-refractivity contribution in [2.45, 2.75) is 19.8 Å². The van der Waals surface area contributed by atoms with E-state index in [1.54, 1.807) is 0 Å². The summed E-state index contributed by atoms with van der Waals surface area (Å²) in [6.07, 6.45) is 1.79. The molecule has 0 radical (unpaired) electrons. The van der Waals surface area contributed by atoms with E-state index in [1.165, 1.54) is 25.3 Å². The molecule has 0 saturated carbocycles. The molecule has 0 atom stereocenters. The predicted octanol–water partition coefficient (Wildman–Crippen LogP) is 3.44. The van der Waals surface area contributed by atoms with Crippen LogP contribution >= 0.6 is 0 Å². The summed E-state index contributed by atoms with van der Waals surface area (Å²) in [5.74, 6) is -0.807. The Morgan fingerprint density at radius 3 is 2.78 bits per heavy atom. The summed E-state index contributed by atoms with van der Waals surface area (Å²) in [6.45, 7) is 4.73. The fourth-order valence-corrected chi connectivity index (χ4v) is 3.28. The molecular formula is C19H23FN2O5. The van der Waals surface area contributed by atoms with Gasteiger partial charge in [-0.15, -0.1) is 0 Å². The highest BCUT2D eigenvalue weighted by atomic mass is 19.1. The van der Waals surface area contributed by atoms with Crippen molar-refractivity contribution in [3.8, 4) is 17.1 Å². The van der Waals surface area contributed by atoms with Gasteiger partial charge in [-0.05, 0) is 43.9 Å². The van der Waals surface area contributed by atoms with Crippen LogP contribution in [0.4, 0.5) is 10.2 Å². The van der Waals surface area contributed by atoms with Gasteiger partial charge in [0.1, 0.15) is 0 Å². The van der Waals surface area contributed by atoms with Crippen LogP contribution in [0.1, 0.15) is 30.1 Å². The summed E-state index contributed by atoms with van der Waals surface area (Å²) in [4.78, 5) is 13.8. The SMILES string of the molecule is CCOCC1CCN(c2noc(-c3ccc(F)c(OC)c3)c2C(=O)O)CC1. The normalized spacial score (nSPS) is 15.1. The summed E-state index contributed by atoms with van der Waals surface area (Å²) < 4.78 is 29.5. The first kappa shape index (κ1) is 19.2. The Bertz CT molecular complexity index is 799. The monoisotopic (exact) mass is 378 g/mol. The Labute approximate surface area is 156 Å². The number of carboxylic acid groups (broad SMARTS) is 1. The maximum Gasteiger partial charge on any atom is 0.343 e. The highest BCUT2D eigenvalue weighted by Crippen LogP contribution is 2.35. The molecule has 1 aromatic carbocycles. The van der Waals surface area contributed by atoms with Gasteiger partial charge in [0.05, 0.1) is 7.11 Å². The van der Waals surface area contributed by atoms with Crippen molar-refractivity contribution in [1.82, 2.24) is 5.16 Å². The number of carbonyl (C=O) groups is 1. The molecule has 1 N–H and O–H groups in total. The lowest BCUT2D eigenvalue weighted by molar-refractivity contribution is 0.0697. The second kappa shape index (κ2) is 8.39. The molecule has 1 fully saturated rings. The van der Waals surface area contributed by atoms with Crippen LogP contribution in [0.15, 0.2) is 22.7 Å². The standard InChI is InChI=1S/C19H23FN2O5/c1-3-26-11-12-6-8-22(9-7-12)18-16(19(23)24)17(27-21-18)13-4-5-14(20)15(10-13)25-2/h4-5,10,12H,3,6-9,11H2,1-2H3,(H,23,24). The van der Waals surface area contributed by atoms with E-state index >= 15 is 0 Å². The molecule has 1 aliphatic rings. The van der Waals surface area contributed by atoms with Crippen molar-refractivity contribution < 1.29 is 28.3 Å². The molecule has 7 nitrogen and oxygen atoms in total. The van der Waals surface area contributed by atoms with E-state index in [1.807, 2.05) is 11.8 Å². The third kappa shape index (κ3) is 4.05. The van der Waals surface area contributed by atoms with Gasteiger partial charge in [-0.1, -0.05) is 5.16 Å². The third-order valence-electron chi connectivity index (χ3n) is 4.77. The number of halogens is 1. The average molecular weight is 378 g/mol. The number of aromatic carboxylic acids is 1. The van der Waals surface area contributed by atoms with Crippen LogP contribution < -0.4 is 9.64 Å². The fourth-order valence-electron chi connectivity index (χ4n) is 3.28. The predicted molar refractivity (Wildman–Crippen MR) is 96.8 cm³/mol. The number of aromatic nitrogens is 1. The molecule has 1 aromatic heterocycles. The van der Waals surface area contributed by atoms with E-state index in [4.69, 9.17) is 14.0 Å². The number of piperidine rings is 1. The minimum atomic E-state index is -1.14. The number of anilines is 1. The number of methoxy groups -OCH3 is 1. The molecule has 2 aromatic rings. The van der Waals surface area contributed by atoms with E-state index in [-0.39, 0.29) is 17.1 Å². The molecule has 0 bridgehead atoms. The molecule has 146 valence electrons. The second-order valence-corrected chi connectivity index (χ2v) is 6.45. The molecule has 0 spiro atoms. The van der Waals surface area contributed by atoms with Gasteiger partial charge in [-0.2, -0.15) is 0 Å². The van der Waals surface area contributed by atoms with Crippen molar-refractivity contribution in [1.29, 1.82) is 0 Å². The van der Waals surface area contributed by atoms with Crippen LogP contribution in [0, 0.1) is 11.7 Å². The average Bonchev–Trinajstić information content (AvgIpc) is 3.12. The molecule has 1 aliphatic heterocycles. The summed E-state index contributed by atoms with van der Waals surface area (Å²) in [5.41, 5.74) is 0.377. The number of ether oxygens (including phenoxy) is 2. The topological polar surface area (TPSA) is 85.0 Å². The Kier molecular flexibility index (Phi) is 5.95. The van der Waals surface area contributed by atoms with Gasteiger partial charge in [0.15, 0.2) is 28.7 Å². The van der Waals surface area contributed by atoms with E-state index in [0.717, 1.165) is 19.4 Å². The zero-order valence-corrected chi connectivity index (χ0v) is 15.4. The first-order valence-corrected chi connectivity index (χ1v) is 8.94. The molecule has 2 heterocycles. The second-order valence-electron chi connectivity index (χ2n) is 6.45. The highest BCUT2D eigenvalue weighted by Gasteiger charge is 2.30. The Balaban J connectivity index is 1.86. The van der Waals surface area contributed by atoms with E-state index in [0.29, 0.717) is 37.0 Å². The van der Waals surface area contributed by atoms with Crippen molar-refractivity contribution in [3.05, 3.63) is 29.6 Å². The lowest BCUT2D eigenvalue weighted by atomic mass is 9.97. The van der Waals surface area contributed by atoms with Crippen LogP contribution in [-0.2, 0) is 4.74 Å². The minimum Gasteiger partial charge on any atom is -0.494 e. The molecular weight excluding hydrogens is 355 g/mol. The third-order valence-corrected chi connectivity index (χ3v) is 4.77. The smallest absolute Gasteiger partial charge is 0.343 e. The molecule has 0 amide bonds. The van der Waals surface area contributed by atoms with Gasteiger partial charge < -0.3 is 24.0 Å². The van der Waals surface area contributed by atoms with Crippen LogP contribution in [0.3, 0.4) is 0 Å². The van der Waals surface area contributed by atoms with Crippen LogP contribution in [0.5, 0.6) is 5.75 Å². The lowest BCUT2D eigenvalue weighted by Crippen LogP contribution is -2.36. The molecule has 0 unspecified atom stereocenters. The van der Waals surface area contributed by atoms with Gasteiger partial charge in [0.2, 0.25) is 0 Å². The molecule has 1 saturated heterocycles. The molecule has 27 heavy (non-hydrogen) atoms. The van der Waals surface area contributed by atoms with E-state index in [2.05, 4.69) is 5.16 Å². The number of hydrogen-bond donors (Lipinski definition) is 1. The first-order valence-electron chi connectivity index (χ1n) is 8.94. The zero-order valence-electron chi connectivity index (χ0n) is 15.4. The summed E-state index contributed by atoms with van der Waals surface area (Å²) in [5, 5.41) is 13.7. The molecule has 8 heteroatoms. The maximum absolute atomic E-state index is 13.7. The summed E-state index contributed by atoms with van der Waals surface area (Å²) >= 11 is 0. The van der Waals surface area contributed by atoms with Crippen LogP contribution in [0.25, 0.3) is 11.3 Å². The number of rotatable bonds is 7. The zero-order chi connectivity index (χ0) is 19.4. The Morgan fingerprint density at radius 1 is 1.41 bits per heavy atom. The number of benzene rings is 1. The minimum absolute atomic E-state index is 0.0125. The highest BCUT2D eigenvalue weighted by molar-refractivity contribution is 5.99. The van der Waals surface area contributed by atoms with Gasteiger partial charge in [0, 0.05) is 31.9 Å². The lowest BCUT2D eigenvalue weighted by Gasteiger charge is -2.31.